The third kappa shape index (κ3) is 5.07. The summed E-state index contributed by atoms with van der Waals surface area (Å²) in [6.07, 6.45) is 1.61. The predicted octanol–water partition coefficient (Wildman–Crippen LogP) is 4.55. The van der Waals surface area contributed by atoms with E-state index in [1.54, 1.807) is 7.11 Å². The van der Waals surface area contributed by atoms with Crippen molar-refractivity contribution >= 4 is 11.7 Å². The van der Waals surface area contributed by atoms with Gasteiger partial charge < -0.3 is 15.0 Å². The van der Waals surface area contributed by atoms with Crippen LogP contribution in [-0.2, 0) is 4.79 Å². The number of hydrogen-bond donors (Lipinski definition) is 1. The van der Waals surface area contributed by atoms with Crippen molar-refractivity contribution in [3.05, 3.63) is 71.8 Å². The van der Waals surface area contributed by atoms with E-state index in [2.05, 4.69) is 51.6 Å². The highest BCUT2D eigenvalue weighted by atomic mass is 16.5. The first-order valence-corrected chi connectivity index (χ1v) is 11.1. The molecule has 32 heavy (non-hydrogen) atoms. The van der Waals surface area contributed by atoms with Crippen LogP contribution in [0.1, 0.15) is 36.9 Å². The Morgan fingerprint density at radius 2 is 1.81 bits per heavy atom. The topological polar surface area (TPSA) is 67.3 Å². The molecule has 3 aromatic rings. The number of rotatable bonds is 6. The third-order valence-corrected chi connectivity index (χ3v) is 6.14. The molecule has 1 fully saturated rings. The molecule has 1 aliphatic rings. The highest BCUT2D eigenvalue weighted by molar-refractivity contribution is 5.79. The zero-order chi connectivity index (χ0) is 22.5. The highest BCUT2D eigenvalue weighted by Crippen LogP contribution is 2.25. The molecule has 6 heteroatoms. The highest BCUT2D eigenvalue weighted by Gasteiger charge is 2.26. The van der Waals surface area contributed by atoms with Crippen LogP contribution in [0.2, 0.25) is 0 Å². The molecule has 0 spiro atoms. The first kappa shape index (κ1) is 21.8. The molecular weight excluding hydrogens is 400 g/mol. The monoisotopic (exact) mass is 430 g/mol. The lowest BCUT2D eigenvalue weighted by Crippen LogP contribution is -2.41. The van der Waals surface area contributed by atoms with Crippen molar-refractivity contribution in [1.82, 2.24) is 15.5 Å². The molecule has 1 saturated heterocycles. The van der Waals surface area contributed by atoms with E-state index in [0.717, 1.165) is 54.3 Å². The summed E-state index contributed by atoms with van der Waals surface area (Å²) in [5.41, 5.74) is 4.20. The predicted molar refractivity (Wildman–Crippen MR) is 127 cm³/mol. The van der Waals surface area contributed by atoms with Crippen molar-refractivity contribution in [2.75, 3.05) is 25.1 Å². The molecule has 0 aliphatic carbocycles. The molecule has 0 unspecified atom stereocenters. The zero-order valence-electron chi connectivity index (χ0n) is 18.9. The Kier molecular flexibility index (Phi) is 6.69. The van der Waals surface area contributed by atoms with Crippen molar-refractivity contribution in [1.29, 1.82) is 0 Å². The minimum absolute atomic E-state index is 0.0131. The number of aryl methyl sites for hydroxylation is 1. The molecule has 166 valence electrons. The van der Waals surface area contributed by atoms with Crippen molar-refractivity contribution < 1.29 is 9.53 Å². The van der Waals surface area contributed by atoms with Crippen LogP contribution >= 0.6 is 0 Å². The summed E-state index contributed by atoms with van der Waals surface area (Å²) in [5, 5.41) is 12.0. The number of methoxy groups -OCH3 is 1. The standard InChI is InChI=1S/C26H30N4O2/c1-18-7-9-20(10-8-18)24-11-12-25(29-28-24)30-15-13-21(14-16-30)26(31)27-19(2)22-5-4-6-23(17-22)32-3/h4-12,17,19,21H,13-16H2,1-3H3,(H,27,31)/t19-/m0/s1. The van der Waals surface area contributed by atoms with Crippen LogP contribution in [0.4, 0.5) is 5.82 Å². The Balaban J connectivity index is 1.31. The number of nitrogens with one attached hydrogen (secondary N) is 1. The summed E-state index contributed by atoms with van der Waals surface area (Å²) in [6.45, 7) is 5.67. The normalized spacial score (nSPS) is 15.3. The third-order valence-electron chi connectivity index (χ3n) is 6.14. The van der Waals surface area contributed by atoms with Crippen molar-refractivity contribution in [2.45, 2.75) is 32.7 Å². The second kappa shape index (κ2) is 9.81. The van der Waals surface area contributed by atoms with Crippen molar-refractivity contribution in [3.63, 3.8) is 0 Å². The maximum absolute atomic E-state index is 12.8. The van der Waals surface area contributed by atoms with Gasteiger partial charge in [-0.25, -0.2) is 0 Å². The first-order chi connectivity index (χ1) is 15.5. The van der Waals surface area contributed by atoms with E-state index in [1.807, 2.05) is 43.3 Å². The van der Waals surface area contributed by atoms with Crippen molar-refractivity contribution in [3.8, 4) is 17.0 Å². The first-order valence-electron chi connectivity index (χ1n) is 11.1. The molecule has 0 saturated carbocycles. The Hall–Kier alpha value is -3.41. The lowest BCUT2D eigenvalue weighted by molar-refractivity contribution is -0.126. The second-order valence-corrected chi connectivity index (χ2v) is 8.41. The van der Waals surface area contributed by atoms with Crippen LogP contribution in [0.5, 0.6) is 5.75 Å². The number of hydrogen-bond acceptors (Lipinski definition) is 5. The average Bonchev–Trinajstić information content (AvgIpc) is 2.84. The summed E-state index contributed by atoms with van der Waals surface area (Å²) in [6, 6.07) is 20.1. The fourth-order valence-corrected chi connectivity index (χ4v) is 4.07. The van der Waals surface area contributed by atoms with Gasteiger partial charge in [0.25, 0.3) is 0 Å². The van der Waals surface area contributed by atoms with E-state index in [-0.39, 0.29) is 17.9 Å². The van der Waals surface area contributed by atoms with Crippen LogP contribution in [0.25, 0.3) is 11.3 Å². The molecule has 2 aromatic carbocycles. The largest absolute Gasteiger partial charge is 0.497 e. The Labute approximate surface area is 189 Å². The van der Waals surface area contributed by atoms with Gasteiger partial charge in [-0.1, -0.05) is 42.0 Å². The smallest absolute Gasteiger partial charge is 0.223 e. The van der Waals surface area contributed by atoms with E-state index in [1.165, 1.54) is 5.56 Å². The molecular formula is C26H30N4O2. The second-order valence-electron chi connectivity index (χ2n) is 8.41. The van der Waals surface area contributed by atoms with Crippen LogP contribution in [0, 0.1) is 12.8 Å². The Bertz CT molecular complexity index is 1040. The van der Waals surface area contributed by atoms with E-state index >= 15 is 0 Å². The van der Waals surface area contributed by atoms with E-state index in [0.29, 0.717) is 0 Å². The van der Waals surface area contributed by atoms with Gasteiger partial charge in [-0.15, -0.1) is 10.2 Å². The molecule has 1 amide bonds. The summed E-state index contributed by atoms with van der Waals surface area (Å²) in [5.74, 6) is 1.79. The number of carbonyl (C=O) groups excluding carboxylic acids is 1. The van der Waals surface area contributed by atoms with Crippen molar-refractivity contribution in [2.24, 2.45) is 5.92 Å². The van der Waals surface area contributed by atoms with Gasteiger partial charge in [0.15, 0.2) is 5.82 Å². The summed E-state index contributed by atoms with van der Waals surface area (Å²) < 4.78 is 5.29. The zero-order valence-corrected chi connectivity index (χ0v) is 18.9. The van der Waals surface area contributed by atoms with Crippen LogP contribution in [0.3, 0.4) is 0 Å². The van der Waals surface area contributed by atoms with Gasteiger partial charge >= 0.3 is 0 Å². The summed E-state index contributed by atoms with van der Waals surface area (Å²) in [4.78, 5) is 15.0. The lowest BCUT2D eigenvalue weighted by Gasteiger charge is -2.32. The number of amides is 1. The van der Waals surface area contributed by atoms with Gasteiger partial charge in [-0.2, -0.15) is 0 Å². The number of piperidine rings is 1. The van der Waals surface area contributed by atoms with Crippen LogP contribution in [-0.4, -0.2) is 36.3 Å². The van der Waals surface area contributed by atoms with Crippen LogP contribution < -0.4 is 15.0 Å². The van der Waals surface area contributed by atoms with Gasteiger partial charge in [0, 0.05) is 24.6 Å². The molecule has 1 atom stereocenters. The number of nitrogens with zero attached hydrogens (tertiary/aromatic N) is 3. The minimum Gasteiger partial charge on any atom is -0.497 e. The van der Waals surface area contributed by atoms with E-state index in [9.17, 15) is 4.79 Å². The molecule has 0 radical (unpaired) electrons. The van der Waals surface area contributed by atoms with Gasteiger partial charge in [0.05, 0.1) is 18.8 Å². The van der Waals surface area contributed by atoms with E-state index < -0.39 is 0 Å². The number of carbonyl (C=O) groups is 1. The summed E-state index contributed by atoms with van der Waals surface area (Å²) >= 11 is 0. The molecule has 1 N–H and O–H groups in total. The molecule has 1 aliphatic heterocycles. The number of anilines is 1. The van der Waals surface area contributed by atoms with Gasteiger partial charge in [0.1, 0.15) is 5.75 Å². The van der Waals surface area contributed by atoms with E-state index in [4.69, 9.17) is 4.74 Å². The molecule has 2 heterocycles. The fraction of sp³-hybridized carbons (Fsp3) is 0.346. The SMILES string of the molecule is COc1cccc([C@H](C)NC(=O)C2CCN(c3ccc(-c4ccc(C)cc4)nn3)CC2)c1. The maximum atomic E-state index is 12.8. The molecule has 6 nitrogen and oxygen atoms in total. The summed E-state index contributed by atoms with van der Waals surface area (Å²) in [7, 11) is 1.65. The van der Waals surface area contributed by atoms with Crippen LogP contribution in [0.15, 0.2) is 60.7 Å². The number of benzene rings is 2. The average molecular weight is 431 g/mol. The molecule has 1 aromatic heterocycles. The minimum atomic E-state index is -0.0594. The molecule has 0 bridgehead atoms. The number of aromatic nitrogens is 2. The maximum Gasteiger partial charge on any atom is 0.223 e. The molecule has 4 rings (SSSR count). The quantitative estimate of drug-likeness (QED) is 0.621. The number of ether oxygens (including phenoxy) is 1. The van der Waals surface area contributed by atoms with Gasteiger partial charge in [-0.3, -0.25) is 4.79 Å². The fourth-order valence-electron chi connectivity index (χ4n) is 4.07. The Morgan fingerprint density at radius 3 is 2.47 bits per heavy atom. The van der Waals surface area contributed by atoms with Gasteiger partial charge in [0.2, 0.25) is 5.91 Å². The lowest BCUT2D eigenvalue weighted by atomic mass is 9.95. The Morgan fingerprint density at radius 1 is 1.06 bits per heavy atom. The van der Waals surface area contributed by atoms with Gasteiger partial charge in [-0.05, 0) is 56.5 Å².